The van der Waals surface area contributed by atoms with E-state index in [9.17, 15) is 0 Å². The average molecular weight is 54.9 g/mol. The van der Waals surface area contributed by atoms with Crippen LogP contribution in [0.15, 0.2) is 0 Å². The summed E-state index contributed by atoms with van der Waals surface area (Å²) in [5.74, 6) is -0.750. The molecule has 0 aromatic rings. The normalized spacial score (nSPS) is 15.0. The van der Waals surface area contributed by atoms with Gasteiger partial charge < -0.3 is 0 Å². The lowest BCUT2D eigenvalue weighted by molar-refractivity contribution is 1.08. The second-order valence-corrected chi connectivity index (χ2v) is 1.08. The third kappa shape index (κ3) is 555. The zero-order chi connectivity index (χ0) is 4.50. The Morgan fingerprint density at radius 1 is 2.00 bits per heavy atom. The average Bonchev–Trinajstić information content (AvgIpc) is 0.722. The molecular weight excluding hydrogens is 46.8 g/mol. The van der Waals surface area contributed by atoms with E-state index < -0.39 is 5.79 Å². The lowest BCUT2D eigenvalue weighted by atomic mass is 9.93. The van der Waals surface area contributed by atoms with Crippen LogP contribution in [0.2, 0.25) is 5.79 Å². The van der Waals surface area contributed by atoms with Gasteiger partial charge in [-0.05, 0) is 0 Å². The van der Waals surface area contributed by atoms with E-state index in [0.29, 0.717) is 0 Å². The van der Waals surface area contributed by atoms with Gasteiger partial charge in [0.2, 0.25) is 0 Å². The monoisotopic (exact) mass is 55.1 g/mol. The number of rotatable bonds is 0. The zero-order valence-electron chi connectivity index (χ0n) is 4.08. The number of hydrogen-bond acceptors (Lipinski definition) is 0. The van der Waals surface area contributed by atoms with E-state index in [1.807, 2.05) is 0 Å². The molecule has 0 aliphatic heterocycles. The third-order valence-electron chi connectivity index (χ3n) is 0. The van der Waals surface area contributed by atoms with E-state index in [0.717, 1.165) is 0 Å². The van der Waals surface area contributed by atoms with Gasteiger partial charge in [-0.3, -0.25) is 0 Å². The smallest absolute Gasteiger partial charge is 0.0692 e. The highest BCUT2D eigenvalue weighted by molar-refractivity contribution is 6.10. The maximum absolute atomic E-state index is 6.72. The molecule has 0 saturated carbocycles. The Labute approximate surface area is 30.0 Å². The summed E-state index contributed by atoms with van der Waals surface area (Å²) in [7, 11) is 5.02. The van der Waals surface area contributed by atoms with Crippen molar-refractivity contribution in [1.82, 2.24) is 0 Å². The Morgan fingerprint density at radius 3 is 2.00 bits per heavy atom. The van der Waals surface area contributed by atoms with Gasteiger partial charge in [0.25, 0.3) is 0 Å². The van der Waals surface area contributed by atoms with Crippen LogP contribution in [0.4, 0.5) is 0 Å². The van der Waals surface area contributed by atoms with Crippen molar-refractivity contribution in [2.24, 2.45) is 0 Å². The zero-order valence-corrected chi connectivity index (χ0v) is 3.08. The fraction of sp³-hybridized carbons (Fsp3) is 1.00. The molecular formula is C3H7B. The van der Waals surface area contributed by atoms with Gasteiger partial charge in [-0.2, -0.15) is 0 Å². The molecule has 0 aliphatic carbocycles. The molecule has 0 N–H and O–H groups in total. The van der Waals surface area contributed by atoms with E-state index in [1.165, 1.54) is 0 Å². The van der Waals surface area contributed by atoms with Gasteiger partial charge in [0.05, 0.1) is 7.85 Å². The highest BCUT2D eigenvalue weighted by atomic mass is 13.6. The summed E-state index contributed by atoms with van der Waals surface area (Å²) in [5, 5.41) is 0. The molecule has 0 fully saturated rings. The van der Waals surface area contributed by atoms with Crippen molar-refractivity contribution in [2.75, 3.05) is 0 Å². The quantitative estimate of drug-likeness (QED) is 0.362. The first-order valence-corrected chi connectivity index (χ1v) is 1.29. The third-order valence-corrected chi connectivity index (χ3v) is 0. The Morgan fingerprint density at radius 2 is 2.00 bits per heavy atom. The molecule has 0 bridgehead atoms. The van der Waals surface area contributed by atoms with Crippen molar-refractivity contribution in [3.8, 4) is 0 Å². The van der Waals surface area contributed by atoms with E-state index in [2.05, 4.69) is 0 Å². The summed E-state index contributed by atoms with van der Waals surface area (Å²) in [4.78, 5) is 0. The fourth-order valence-electron chi connectivity index (χ4n) is 0. The van der Waals surface area contributed by atoms with Crippen LogP contribution in [0.3, 0.4) is 0 Å². The van der Waals surface area contributed by atoms with E-state index in [1.54, 1.807) is 13.8 Å². The molecule has 0 aliphatic rings. The van der Waals surface area contributed by atoms with E-state index in [-0.39, 0.29) is 0 Å². The largest absolute Gasteiger partial charge is 0.0829 e. The molecule has 0 spiro atoms. The van der Waals surface area contributed by atoms with Crippen LogP contribution in [-0.2, 0) is 0 Å². The van der Waals surface area contributed by atoms with Crippen LogP contribution in [0.1, 0.15) is 15.2 Å². The molecule has 2 radical (unpaired) electrons. The summed E-state index contributed by atoms with van der Waals surface area (Å²) in [5.41, 5.74) is 0. The van der Waals surface area contributed by atoms with Gasteiger partial charge in [0.1, 0.15) is 0 Å². The van der Waals surface area contributed by atoms with Crippen LogP contribution < -0.4 is 0 Å². The Hall–Kier alpha value is 0.0649. The van der Waals surface area contributed by atoms with Gasteiger partial charge in [-0.25, -0.2) is 0 Å². The second kappa shape index (κ2) is 1.39. The minimum absolute atomic E-state index is 0.750. The summed E-state index contributed by atoms with van der Waals surface area (Å²) >= 11 is 0. The topological polar surface area (TPSA) is 0 Å². The maximum atomic E-state index is 6.72. The summed E-state index contributed by atoms with van der Waals surface area (Å²) < 4.78 is 6.72. The molecule has 0 aromatic carbocycles. The summed E-state index contributed by atoms with van der Waals surface area (Å²) in [6, 6.07) is 0. The Bertz CT molecular complexity index is 22.4. The molecule has 22 valence electrons. The first-order valence-electron chi connectivity index (χ1n) is 1.79. The Balaban J connectivity index is 3.02. The molecule has 4 heavy (non-hydrogen) atoms. The first kappa shape index (κ1) is 2.31. The molecule has 0 saturated heterocycles. The lowest BCUT2D eigenvalue weighted by Gasteiger charge is -1.79. The minimum Gasteiger partial charge on any atom is -0.0829 e. The van der Waals surface area contributed by atoms with Crippen LogP contribution >= 0.6 is 0 Å². The SMILES string of the molecule is [2H]C([B])(C)C. The number of hydrogen-bond donors (Lipinski definition) is 0. The van der Waals surface area contributed by atoms with Gasteiger partial charge in [0, 0.05) is 1.37 Å². The molecule has 0 aromatic heterocycles. The van der Waals surface area contributed by atoms with Gasteiger partial charge >= 0.3 is 0 Å². The molecule has 0 atom stereocenters. The van der Waals surface area contributed by atoms with Crippen molar-refractivity contribution in [3.63, 3.8) is 0 Å². The Kier molecular flexibility index (Phi) is 0.804. The molecule has 0 heterocycles. The fourth-order valence-corrected chi connectivity index (χ4v) is 0. The van der Waals surface area contributed by atoms with Crippen LogP contribution in [0.5, 0.6) is 0 Å². The molecule has 0 rings (SSSR count). The lowest BCUT2D eigenvalue weighted by Crippen LogP contribution is -1.67. The van der Waals surface area contributed by atoms with Crippen molar-refractivity contribution in [1.29, 1.82) is 0 Å². The molecule has 0 nitrogen and oxygen atoms in total. The van der Waals surface area contributed by atoms with Gasteiger partial charge in [0.15, 0.2) is 0 Å². The van der Waals surface area contributed by atoms with E-state index in [4.69, 9.17) is 9.22 Å². The standard InChI is InChI=1S/C3H7B/c1-3(2)4/h3H,1-2H3/i3D. The van der Waals surface area contributed by atoms with Crippen molar-refractivity contribution >= 4 is 7.85 Å². The highest BCUT2D eigenvalue weighted by Crippen LogP contribution is 1.84. The summed E-state index contributed by atoms with van der Waals surface area (Å²) in [6.07, 6.45) is 0. The van der Waals surface area contributed by atoms with Gasteiger partial charge in [-0.15, -0.1) is 0 Å². The van der Waals surface area contributed by atoms with Gasteiger partial charge in [-0.1, -0.05) is 19.6 Å². The summed E-state index contributed by atoms with van der Waals surface area (Å²) in [6.45, 7) is 3.26. The molecule has 0 amide bonds. The van der Waals surface area contributed by atoms with Crippen LogP contribution in [-0.4, -0.2) is 7.85 Å². The van der Waals surface area contributed by atoms with Crippen molar-refractivity contribution in [2.45, 2.75) is 19.6 Å². The predicted octanol–water partition coefficient (Wildman–Crippen LogP) is 0.983. The van der Waals surface area contributed by atoms with Crippen LogP contribution in [0.25, 0.3) is 0 Å². The molecule has 1 heteroatoms. The van der Waals surface area contributed by atoms with E-state index >= 15 is 0 Å². The second-order valence-electron chi connectivity index (χ2n) is 1.08. The minimum atomic E-state index is -0.750. The van der Waals surface area contributed by atoms with Crippen molar-refractivity contribution < 1.29 is 1.37 Å². The van der Waals surface area contributed by atoms with Crippen LogP contribution in [0, 0.1) is 0 Å². The first-order chi connectivity index (χ1) is 2.00. The predicted molar refractivity (Wildman–Crippen MR) is 20.9 cm³/mol. The highest BCUT2D eigenvalue weighted by Gasteiger charge is 1.68. The maximum Gasteiger partial charge on any atom is 0.0692 e. The van der Waals surface area contributed by atoms with Crippen molar-refractivity contribution in [3.05, 3.63) is 0 Å². The molecule has 0 unspecified atom stereocenters.